The first-order chi connectivity index (χ1) is 12.3. The number of rotatable bonds is 4. The van der Waals surface area contributed by atoms with Crippen LogP contribution >= 0.6 is 0 Å². The van der Waals surface area contributed by atoms with Gasteiger partial charge in [-0.1, -0.05) is 12.1 Å². The number of carbonyl (C=O) groups excluding carboxylic acids is 2. The summed E-state index contributed by atoms with van der Waals surface area (Å²) in [7, 11) is 0. The van der Waals surface area contributed by atoms with E-state index in [0.29, 0.717) is 12.1 Å². The molecule has 0 atom stereocenters. The second kappa shape index (κ2) is 6.95. The average Bonchev–Trinajstić information content (AvgIpc) is 2.99. The van der Waals surface area contributed by atoms with Crippen LogP contribution in [-0.2, 0) is 6.54 Å². The molecule has 3 aromatic rings. The molecule has 2 N–H and O–H groups in total. The van der Waals surface area contributed by atoms with E-state index >= 15 is 0 Å². The minimum Gasteiger partial charge on any atom is -0.346 e. The van der Waals surface area contributed by atoms with Crippen molar-refractivity contribution in [3.8, 4) is 0 Å². The first-order valence-corrected chi connectivity index (χ1v) is 8.32. The Kier molecular flexibility index (Phi) is 4.71. The fourth-order valence-corrected chi connectivity index (χ4v) is 2.53. The number of carbonyl (C=O) groups is 2. The lowest BCUT2D eigenvalue weighted by Gasteiger charge is -2.19. The molecule has 0 aliphatic rings. The summed E-state index contributed by atoms with van der Waals surface area (Å²) in [5.74, 6) is -0.499. The van der Waals surface area contributed by atoms with Crippen LogP contribution in [0, 0.1) is 0 Å². The molecule has 0 spiro atoms. The number of hydrogen-bond donors (Lipinski definition) is 2. The van der Waals surface area contributed by atoms with Crippen LogP contribution in [-0.4, -0.2) is 31.7 Å². The lowest BCUT2D eigenvalue weighted by Crippen LogP contribution is -2.40. The van der Waals surface area contributed by atoms with Gasteiger partial charge < -0.3 is 10.6 Å². The Morgan fingerprint density at radius 2 is 1.92 bits per heavy atom. The van der Waals surface area contributed by atoms with Crippen LogP contribution in [0.1, 0.15) is 47.4 Å². The van der Waals surface area contributed by atoms with Crippen LogP contribution in [0.25, 0.3) is 5.52 Å². The van der Waals surface area contributed by atoms with E-state index in [0.717, 1.165) is 5.56 Å². The molecule has 7 heteroatoms. The third-order valence-corrected chi connectivity index (χ3v) is 3.63. The van der Waals surface area contributed by atoms with Crippen molar-refractivity contribution >= 4 is 17.3 Å². The third kappa shape index (κ3) is 3.88. The van der Waals surface area contributed by atoms with Gasteiger partial charge in [0, 0.05) is 30.7 Å². The summed E-state index contributed by atoms with van der Waals surface area (Å²) in [5, 5.41) is 5.70. The van der Waals surface area contributed by atoms with Crippen LogP contribution in [0.3, 0.4) is 0 Å². The molecular formula is C19H21N5O2. The summed E-state index contributed by atoms with van der Waals surface area (Å²) in [5.41, 5.74) is 1.30. The van der Waals surface area contributed by atoms with Crippen molar-refractivity contribution in [1.82, 2.24) is 25.0 Å². The van der Waals surface area contributed by atoms with Crippen LogP contribution in [0.2, 0.25) is 0 Å². The Balaban J connectivity index is 1.89. The molecule has 3 rings (SSSR count). The van der Waals surface area contributed by atoms with Crippen LogP contribution in [0.15, 0.2) is 48.9 Å². The van der Waals surface area contributed by atoms with Crippen molar-refractivity contribution in [3.63, 3.8) is 0 Å². The highest BCUT2D eigenvalue weighted by molar-refractivity contribution is 6.02. The maximum absolute atomic E-state index is 12.6. The minimum atomic E-state index is -0.398. The molecule has 0 unspecified atom stereocenters. The van der Waals surface area contributed by atoms with Crippen molar-refractivity contribution in [2.24, 2.45) is 0 Å². The van der Waals surface area contributed by atoms with Crippen molar-refractivity contribution in [2.75, 3.05) is 0 Å². The van der Waals surface area contributed by atoms with Crippen LogP contribution in [0.4, 0.5) is 0 Å². The summed E-state index contributed by atoms with van der Waals surface area (Å²) < 4.78 is 1.62. The van der Waals surface area contributed by atoms with E-state index in [2.05, 4.69) is 20.6 Å². The van der Waals surface area contributed by atoms with Gasteiger partial charge in [-0.25, -0.2) is 4.98 Å². The summed E-state index contributed by atoms with van der Waals surface area (Å²) in [6.45, 7) is 6.01. The Morgan fingerprint density at radius 3 is 2.62 bits per heavy atom. The minimum absolute atomic E-state index is 0.170. The predicted octanol–water partition coefficient (Wildman–Crippen LogP) is 2.19. The van der Waals surface area contributed by atoms with Gasteiger partial charge in [-0.3, -0.25) is 19.0 Å². The maximum atomic E-state index is 12.6. The number of nitrogens with one attached hydrogen (secondary N) is 2. The zero-order valence-corrected chi connectivity index (χ0v) is 15.0. The van der Waals surface area contributed by atoms with Gasteiger partial charge in [0.1, 0.15) is 0 Å². The topological polar surface area (TPSA) is 88.4 Å². The summed E-state index contributed by atoms with van der Waals surface area (Å²) in [6, 6.07) is 9.04. The lowest BCUT2D eigenvalue weighted by atomic mass is 10.1. The number of amides is 2. The van der Waals surface area contributed by atoms with E-state index in [-0.39, 0.29) is 23.3 Å². The normalized spacial score (nSPS) is 11.3. The van der Waals surface area contributed by atoms with E-state index < -0.39 is 5.54 Å². The van der Waals surface area contributed by atoms with Gasteiger partial charge >= 0.3 is 0 Å². The predicted molar refractivity (Wildman–Crippen MR) is 97.8 cm³/mol. The second-order valence-electron chi connectivity index (χ2n) is 6.99. The summed E-state index contributed by atoms with van der Waals surface area (Å²) in [6.07, 6.45) is 5.08. The molecule has 0 fully saturated rings. The van der Waals surface area contributed by atoms with Crippen LogP contribution < -0.4 is 10.6 Å². The average molecular weight is 351 g/mol. The molecule has 134 valence electrons. The maximum Gasteiger partial charge on any atom is 0.287 e. The molecule has 3 aromatic heterocycles. The SMILES string of the molecule is CC(C)(C)NC(=O)c1nc(C(=O)NCc2cccnc2)n2ccccc12. The molecule has 0 aliphatic heterocycles. The molecule has 0 aromatic carbocycles. The monoisotopic (exact) mass is 351 g/mol. The zero-order chi connectivity index (χ0) is 18.7. The molecule has 7 nitrogen and oxygen atoms in total. The lowest BCUT2D eigenvalue weighted by molar-refractivity contribution is 0.0916. The molecule has 3 heterocycles. The molecule has 26 heavy (non-hydrogen) atoms. The molecule has 2 amide bonds. The molecule has 0 bridgehead atoms. The highest BCUT2D eigenvalue weighted by Gasteiger charge is 2.23. The Morgan fingerprint density at radius 1 is 1.12 bits per heavy atom. The fourth-order valence-electron chi connectivity index (χ4n) is 2.53. The Hall–Kier alpha value is -3.22. The van der Waals surface area contributed by atoms with Gasteiger partial charge in [-0.15, -0.1) is 0 Å². The van der Waals surface area contributed by atoms with E-state index in [1.54, 1.807) is 41.2 Å². The van der Waals surface area contributed by atoms with Gasteiger partial charge in [-0.2, -0.15) is 0 Å². The van der Waals surface area contributed by atoms with Crippen molar-refractivity contribution < 1.29 is 9.59 Å². The highest BCUT2D eigenvalue weighted by Crippen LogP contribution is 2.15. The summed E-state index contributed by atoms with van der Waals surface area (Å²) >= 11 is 0. The van der Waals surface area contributed by atoms with Crippen molar-refractivity contribution in [3.05, 3.63) is 66.0 Å². The molecular weight excluding hydrogens is 330 g/mol. The number of nitrogens with zero attached hydrogens (tertiary/aromatic N) is 3. The van der Waals surface area contributed by atoms with Gasteiger partial charge in [0.2, 0.25) is 5.82 Å². The first-order valence-electron chi connectivity index (χ1n) is 8.32. The third-order valence-electron chi connectivity index (χ3n) is 3.63. The van der Waals surface area contributed by atoms with E-state index in [4.69, 9.17) is 0 Å². The number of aromatic nitrogens is 3. The van der Waals surface area contributed by atoms with Crippen molar-refractivity contribution in [2.45, 2.75) is 32.9 Å². The zero-order valence-electron chi connectivity index (χ0n) is 15.0. The molecule has 0 radical (unpaired) electrons. The quantitative estimate of drug-likeness (QED) is 0.754. The van der Waals surface area contributed by atoms with Crippen LogP contribution in [0.5, 0.6) is 0 Å². The number of pyridine rings is 2. The van der Waals surface area contributed by atoms with Gasteiger partial charge in [-0.05, 0) is 44.5 Å². The standard InChI is InChI=1S/C19H21N5O2/c1-19(2,3)23-17(25)15-14-8-4-5-10-24(14)16(22-15)18(26)21-12-13-7-6-9-20-11-13/h4-11H,12H2,1-3H3,(H,21,26)(H,23,25). The number of imidazole rings is 1. The molecule has 0 saturated carbocycles. The number of hydrogen-bond acceptors (Lipinski definition) is 4. The molecule has 0 saturated heterocycles. The Bertz CT molecular complexity index is 941. The van der Waals surface area contributed by atoms with E-state index in [9.17, 15) is 9.59 Å². The van der Waals surface area contributed by atoms with Gasteiger partial charge in [0.15, 0.2) is 5.69 Å². The fraction of sp³-hybridized carbons (Fsp3) is 0.263. The number of fused-ring (bicyclic) bond motifs is 1. The molecule has 0 aliphatic carbocycles. The largest absolute Gasteiger partial charge is 0.346 e. The van der Waals surface area contributed by atoms with Gasteiger partial charge in [0.05, 0.1) is 5.52 Å². The van der Waals surface area contributed by atoms with Crippen molar-refractivity contribution in [1.29, 1.82) is 0 Å². The smallest absolute Gasteiger partial charge is 0.287 e. The highest BCUT2D eigenvalue weighted by atomic mass is 16.2. The Labute approximate surface area is 151 Å². The van der Waals surface area contributed by atoms with Gasteiger partial charge in [0.25, 0.3) is 11.8 Å². The van der Waals surface area contributed by atoms with E-state index in [1.165, 1.54) is 0 Å². The van der Waals surface area contributed by atoms with E-state index in [1.807, 2.05) is 32.9 Å². The second-order valence-corrected chi connectivity index (χ2v) is 6.99. The first kappa shape index (κ1) is 17.6. The summed E-state index contributed by atoms with van der Waals surface area (Å²) in [4.78, 5) is 33.5.